The summed E-state index contributed by atoms with van der Waals surface area (Å²) in [5, 5.41) is 13.6. The molecular formula is C26H21F2N3O5. The molecule has 184 valence electrons. The number of carbonyl (C=O) groups excluding carboxylic acids is 2. The van der Waals surface area contributed by atoms with Gasteiger partial charge in [-0.2, -0.15) is 0 Å². The van der Waals surface area contributed by atoms with E-state index in [-0.39, 0.29) is 39.9 Å². The van der Waals surface area contributed by atoms with Crippen LogP contribution in [-0.2, 0) is 16.0 Å². The van der Waals surface area contributed by atoms with Crippen LogP contribution in [0.1, 0.15) is 33.9 Å². The fourth-order valence-corrected chi connectivity index (χ4v) is 3.90. The molecule has 2 N–H and O–H groups in total. The highest BCUT2D eigenvalue weighted by Crippen LogP contribution is 2.30. The van der Waals surface area contributed by atoms with Gasteiger partial charge in [0.25, 0.3) is 5.56 Å². The van der Waals surface area contributed by atoms with E-state index in [9.17, 15) is 28.4 Å². The van der Waals surface area contributed by atoms with Crippen LogP contribution in [-0.4, -0.2) is 33.8 Å². The number of fused-ring (bicyclic) bond motifs is 1. The van der Waals surface area contributed by atoms with Crippen LogP contribution < -0.4 is 10.9 Å². The van der Waals surface area contributed by atoms with Crippen LogP contribution in [0, 0.1) is 11.6 Å². The van der Waals surface area contributed by atoms with Crippen molar-refractivity contribution in [2.75, 3.05) is 12.4 Å². The SMILES string of the molecule is COC(=O)[C@@H](Nc1c(C(=O)CCc2ccc(F)cc2F)c(=O)n(O)c2ncccc12)c1ccccc1. The maximum absolute atomic E-state index is 14.1. The molecule has 2 heterocycles. The van der Waals surface area contributed by atoms with Crippen molar-refractivity contribution < 1.29 is 28.3 Å². The Labute approximate surface area is 203 Å². The zero-order valence-corrected chi connectivity index (χ0v) is 19.1. The number of ketones is 1. The Morgan fingerprint density at radius 1 is 1.11 bits per heavy atom. The fraction of sp³-hybridized carbons (Fsp3) is 0.154. The maximum Gasteiger partial charge on any atom is 0.332 e. The summed E-state index contributed by atoms with van der Waals surface area (Å²) in [6.45, 7) is 0. The van der Waals surface area contributed by atoms with Crippen molar-refractivity contribution >= 4 is 28.5 Å². The summed E-state index contributed by atoms with van der Waals surface area (Å²) < 4.78 is 32.5. The average molecular weight is 493 g/mol. The lowest BCUT2D eigenvalue weighted by Crippen LogP contribution is -2.30. The van der Waals surface area contributed by atoms with Crippen LogP contribution in [0.3, 0.4) is 0 Å². The Balaban J connectivity index is 1.82. The number of nitrogens with zero attached hydrogens (tertiary/aromatic N) is 2. The number of Topliss-reactive ketones (excluding diaryl/α,β-unsaturated/α-hetero) is 1. The first-order chi connectivity index (χ1) is 17.3. The number of methoxy groups -OCH3 is 1. The van der Waals surface area contributed by atoms with Crippen molar-refractivity contribution in [1.29, 1.82) is 0 Å². The van der Waals surface area contributed by atoms with E-state index in [4.69, 9.17) is 4.74 Å². The minimum atomic E-state index is -1.10. The summed E-state index contributed by atoms with van der Waals surface area (Å²) in [5.74, 6) is -2.98. The summed E-state index contributed by atoms with van der Waals surface area (Å²) in [6.07, 6.45) is 0.901. The van der Waals surface area contributed by atoms with Crippen LogP contribution >= 0.6 is 0 Å². The molecule has 4 aromatic rings. The number of aromatic nitrogens is 2. The zero-order valence-electron chi connectivity index (χ0n) is 19.1. The molecule has 0 aliphatic rings. The van der Waals surface area contributed by atoms with Crippen LogP contribution in [0.5, 0.6) is 0 Å². The molecule has 0 saturated heterocycles. The number of nitrogens with one attached hydrogen (secondary N) is 1. The Morgan fingerprint density at radius 3 is 2.56 bits per heavy atom. The largest absolute Gasteiger partial charge is 0.467 e. The quantitative estimate of drug-likeness (QED) is 0.216. The second kappa shape index (κ2) is 10.3. The third-order valence-corrected chi connectivity index (χ3v) is 5.69. The van der Waals surface area contributed by atoms with Crippen LogP contribution in [0.25, 0.3) is 11.0 Å². The van der Waals surface area contributed by atoms with E-state index in [0.717, 1.165) is 6.07 Å². The first kappa shape index (κ1) is 24.5. The monoisotopic (exact) mass is 493 g/mol. The molecule has 2 aromatic heterocycles. The van der Waals surface area contributed by atoms with Gasteiger partial charge in [0, 0.05) is 24.1 Å². The summed E-state index contributed by atoms with van der Waals surface area (Å²) in [7, 11) is 1.20. The number of hydrogen-bond acceptors (Lipinski definition) is 7. The van der Waals surface area contributed by atoms with E-state index in [0.29, 0.717) is 11.6 Å². The second-order valence-electron chi connectivity index (χ2n) is 7.91. The van der Waals surface area contributed by atoms with Crippen molar-refractivity contribution in [3.8, 4) is 0 Å². The molecule has 0 aliphatic heterocycles. The molecule has 36 heavy (non-hydrogen) atoms. The lowest BCUT2D eigenvalue weighted by molar-refractivity contribution is -0.141. The number of anilines is 1. The lowest BCUT2D eigenvalue weighted by Gasteiger charge is -2.21. The van der Waals surface area contributed by atoms with Gasteiger partial charge >= 0.3 is 5.97 Å². The van der Waals surface area contributed by atoms with Gasteiger partial charge in [0.15, 0.2) is 17.5 Å². The van der Waals surface area contributed by atoms with Crippen molar-refractivity contribution in [3.05, 3.63) is 106 Å². The number of esters is 1. The number of pyridine rings is 2. The average Bonchev–Trinajstić information content (AvgIpc) is 2.89. The highest BCUT2D eigenvalue weighted by molar-refractivity contribution is 6.08. The first-order valence-corrected chi connectivity index (χ1v) is 10.9. The second-order valence-corrected chi connectivity index (χ2v) is 7.91. The van der Waals surface area contributed by atoms with Gasteiger partial charge in [-0.3, -0.25) is 9.59 Å². The standard InChI is InChI=1S/C26H21F2N3O5/c1-36-26(34)22(16-6-3-2-4-7-16)30-23-18-8-5-13-29-24(18)31(35)25(33)21(23)20(32)12-10-15-9-11-17(27)14-19(15)28/h2-9,11,13-14,22,30,35H,10,12H2,1H3/t22-/m0/s1. The molecule has 0 aliphatic carbocycles. The van der Waals surface area contributed by atoms with E-state index in [2.05, 4.69) is 10.3 Å². The molecule has 0 bridgehead atoms. The number of ether oxygens (including phenoxy) is 1. The minimum absolute atomic E-state index is 0.0303. The van der Waals surface area contributed by atoms with Crippen molar-refractivity contribution in [3.63, 3.8) is 0 Å². The highest BCUT2D eigenvalue weighted by atomic mass is 19.1. The van der Waals surface area contributed by atoms with Crippen molar-refractivity contribution in [1.82, 2.24) is 9.71 Å². The van der Waals surface area contributed by atoms with Crippen LogP contribution in [0.15, 0.2) is 71.7 Å². The topological polar surface area (TPSA) is 111 Å². The Hall–Kier alpha value is -4.60. The van der Waals surface area contributed by atoms with Gasteiger partial charge in [-0.25, -0.2) is 18.6 Å². The maximum atomic E-state index is 14.1. The number of benzene rings is 2. The number of carbonyl (C=O) groups is 2. The van der Waals surface area contributed by atoms with E-state index in [1.165, 1.54) is 31.5 Å². The molecule has 1 atom stereocenters. The molecule has 0 unspecified atom stereocenters. The molecule has 0 saturated carbocycles. The highest BCUT2D eigenvalue weighted by Gasteiger charge is 2.28. The molecule has 0 amide bonds. The molecule has 4 rings (SSSR count). The lowest BCUT2D eigenvalue weighted by atomic mass is 9.99. The van der Waals surface area contributed by atoms with E-state index in [1.807, 2.05) is 0 Å². The number of halogens is 2. The normalized spacial score (nSPS) is 11.8. The molecule has 0 spiro atoms. The summed E-state index contributed by atoms with van der Waals surface area (Å²) >= 11 is 0. The van der Waals surface area contributed by atoms with E-state index < -0.39 is 40.6 Å². The molecule has 10 heteroatoms. The summed E-state index contributed by atoms with van der Waals surface area (Å²) in [6, 6.07) is 13.5. The van der Waals surface area contributed by atoms with Crippen molar-refractivity contribution in [2.45, 2.75) is 18.9 Å². The van der Waals surface area contributed by atoms with Gasteiger partial charge in [0.05, 0.1) is 12.8 Å². The third kappa shape index (κ3) is 4.78. The third-order valence-electron chi connectivity index (χ3n) is 5.69. The summed E-state index contributed by atoms with van der Waals surface area (Å²) in [4.78, 5) is 43.1. The Kier molecular flexibility index (Phi) is 7.05. The van der Waals surface area contributed by atoms with Crippen molar-refractivity contribution in [2.24, 2.45) is 0 Å². The van der Waals surface area contributed by atoms with E-state index in [1.54, 1.807) is 30.3 Å². The van der Waals surface area contributed by atoms with Gasteiger partial charge in [-0.05, 0) is 35.7 Å². The number of rotatable bonds is 8. The fourth-order valence-electron chi connectivity index (χ4n) is 3.90. The van der Waals surface area contributed by atoms with Crippen LogP contribution in [0.2, 0.25) is 0 Å². The first-order valence-electron chi connectivity index (χ1n) is 10.9. The molecule has 0 radical (unpaired) electrons. The van der Waals surface area contributed by atoms with Gasteiger partial charge in [-0.1, -0.05) is 36.4 Å². The van der Waals surface area contributed by atoms with Gasteiger partial charge in [0.1, 0.15) is 17.2 Å². The molecule has 8 nitrogen and oxygen atoms in total. The number of hydrogen-bond donors (Lipinski definition) is 2. The van der Waals surface area contributed by atoms with Gasteiger partial charge in [-0.15, -0.1) is 4.73 Å². The predicted octanol–water partition coefficient (Wildman–Crippen LogP) is 4.05. The Morgan fingerprint density at radius 2 is 1.86 bits per heavy atom. The zero-order chi connectivity index (χ0) is 25.8. The molecular weight excluding hydrogens is 472 g/mol. The smallest absolute Gasteiger partial charge is 0.332 e. The minimum Gasteiger partial charge on any atom is -0.467 e. The summed E-state index contributed by atoms with van der Waals surface area (Å²) in [5.41, 5.74) is -1.08. The molecule has 0 fully saturated rings. The van der Waals surface area contributed by atoms with E-state index >= 15 is 0 Å². The van der Waals surface area contributed by atoms with Gasteiger partial charge in [0.2, 0.25) is 0 Å². The molecule has 2 aromatic carbocycles. The van der Waals surface area contributed by atoms with Crippen LogP contribution in [0.4, 0.5) is 14.5 Å². The predicted molar refractivity (Wildman–Crippen MR) is 127 cm³/mol. The number of aryl methyl sites for hydroxylation is 1. The Bertz CT molecular complexity index is 1510. The van der Waals surface area contributed by atoms with Gasteiger partial charge < -0.3 is 15.3 Å².